The Morgan fingerprint density at radius 3 is 2.78 bits per heavy atom. The maximum atomic E-state index is 11.8. The van der Waals surface area contributed by atoms with E-state index in [1.165, 1.54) is 7.11 Å². The van der Waals surface area contributed by atoms with E-state index in [1.807, 2.05) is 6.92 Å². The van der Waals surface area contributed by atoms with E-state index in [2.05, 4.69) is 0 Å². The van der Waals surface area contributed by atoms with Crippen molar-refractivity contribution in [3.63, 3.8) is 0 Å². The molecular weight excluding hydrogens is 232 g/mol. The fourth-order valence-corrected chi connectivity index (χ4v) is 1.63. The third kappa shape index (κ3) is 3.37. The summed E-state index contributed by atoms with van der Waals surface area (Å²) < 4.78 is 5.02. The van der Waals surface area contributed by atoms with Gasteiger partial charge in [-0.2, -0.15) is 0 Å². The number of hydrogen-bond donors (Lipinski definition) is 2. The lowest BCUT2D eigenvalue weighted by Gasteiger charge is -2.21. The van der Waals surface area contributed by atoms with Gasteiger partial charge in [-0.05, 0) is 24.1 Å². The van der Waals surface area contributed by atoms with Gasteiger partial charge in [-0.1, -0.05) is 13.0 Å². The molecule has 5 heteroatoms. The summed E-state index contributed by atoms with van der Waals surface area (Å²) in [5.41, 5.74) is 6.57. The Bertz CT molecular complexity index is 421. The molecule has 100 valence electrons. The van der Waals surface area contributed by atoms with Crippen LogP contribution in [0.4, 0.5) is 0 Å². The van der Waals surface area contributed by atoms with Gasteiger partial charge in [0.1, 0.15) is 0 Å². The molecular formula is C13H20N2O3. The topological polar surface area (TPSA) is 75.8 Å². The van der Waals surface area contributed by atoms with E-state index in [0.29, 0.717) is 18.7 Å². The number of aromatic hydroxyl groups is 1. The van der Waals surface area contributed by atoms with Gasteiger partial charge in [-0.3, -0.25) is 4.79 Å². The number of carbonyl (C=O) groups is 1. The number of nitrogens with zero attached hydrogens (tertiary/aromatic N) is 1. The first-order valence-corrected chi connectivity index (χ1v) is 5.86. The van der Waals surface area contributed by atoms with Crippen LogP contribution in [0.25, 0.3) is 0 Å². The summed E-state index contributed by atoms with van der Waals surface area (Å²) in [6.07, 6.45) is 0.613. The van der Waals surface area contributed by atoms with Crippen molar-refractivity contribution in [2.75, 3.05) is 14.2 Å². The van der Waals surface area contributed by atoms with Crippen molar-refractivity contribution in [2.45, 2.75) is 25.9 Å². The molecule has 0 fully saturated rings. The van der Waals surface area contributed by atoms with E-state index in [0.717, 1.165) is 5.56 Å². The molecule has 0 radical (unpaired) electrons. The second kappa shape index (κ2) is 6.26. The fourth-order valence-electron chi connectivity index (χ4n) is 1.63. The molecule has 0 aliphatic heterocycles. The van der Waals surface area contributed by atoms with Crippen molar-refractivity contribution < 1.29 is 14.6 Å². The Morgan fingerprint density at radius 1 is 1.56 bits per heavy atom. The number of benzene rings is 1. The molecule has 0 aliphatic carbocycles. The minimum Gasteiger partial charge on any atom is -0.504 e. The van der Waals surface area contributed by atoms with Crippen LogP contribution in [-0.4, -0.2) is 36.1 Å². The summed E-state index contributed by atoms with van der Waals surface area (Å²) in [5.74, 6) is 0.387. The number of ether oxygens (including phenoxy) is 1. The maximum Gasteiger partial charge on any atom is 0.239 e. The minimum atomic E-state index is -0.464. The van der Waals surface area contributed by atoms with E-state index in [1.54, 1.807) is 30.1 Å². The SMILES string of the molecule is CC[C@H](N)C(=O)N(C)Cc1ccc(O)c(OC)c1. The first-order valence-electron chi connectivity index (χ1n) is 5.86. The predicted molar refractivity (Wildman–Crippen MR) is 69.4 cm³/mol. The number of nitrogens with two attached hydrogens (primary N) is 1. The molecule has 1 aromatic rings. The van der Waals surface area contributed by atoms with Crippen molar-refractivity contribution in [3.05, 3.63) is 23.8 Å². The zero-order chi connectivity index (χ0) is 13.7. The van der Waals surface area contributed by atoms with Crippen molar-refractivity contribution in [3.8, 4) is 11.5 Å². The third-order valence-corrected chi connectivity index (χ3v) is 2.80. The van der Waals surface area contributed by atoms with E-state index >= 15 is 0 Å². The summed E-state index contributed by atoms with van der Waals surface area (Å²) >= 11 is 0. The highest BCUT2D eigenvalue weighted by atomic mass is 16.5. The van der Waals surface area contributed by atoms with Crippen LogP contribution in [0, 0.1) is 0 Å². The van der Waals surface area contributed by atoms with Crippen LogP contribution in [0.2, 0.25) is 0 Å². The molecule has 0 bridgehead atoms. The van der Waals surface area contributed by atoms with Crippen molar-refractivity contribution in [2.24, 2.45) is 5.73 Å². The Kier molecular flexibility index (Phi) is 4.97. The lowest BCUT2D eigenvalue weighted by atomic mass is 10.1. The monoisotopic (exact) mass is 252 g/mol. The van der Waals surface area contributed by atoms with Gasteiger partial charge in [0.2, 0.25) is 5.91 Å². The van der Waals surface area contributed by atoms with Gasteiger partial charge in [0.05, 0.1) is 13.2 Å². The van der Waals surface area contributed by atoms with Crippen LogP contribution in [0.15, 0.2) is 18.2 Å². The number of carbonyl (C=O) groups excluding carboxylic acids is 1. The van der Waals surface area contributed by atoms with Gasteiger partial charge in [0.25, 0.3) is 0 Å². The summed E-state index contributed by atoms with van der Waals surface area (Å²) in [5, 5.41) is 9.48. The molecule has 0 unspecified atom stereocenters. The number of rotatable bonds is 5. The Balaban J connectivity index is 2.75. The molecule has 1 atom stereocenters. The second-order valence-electron chi connectivity index (χ2n) is 4.22. The molecule has 0 saturated carbocycles. The van der Waals surface area contributed by atoms with Gasteiger partial charge in [0.15, 0.2) is 11.5 Å². The largest absolute Gasteiger partial charge is 0.504 e. The Labute approximate surface area is 107 Å². The fraction of sp³-hybridized carbons (Fsp3) is 0.462. The predicted octanol–water partition coefficient (Wildman–Crippen LogP) is 1.10. The normalized spacial score (nSPS) is 12.0. The average Bonchev–Trinajstić information content (AvgIpc) is 2.38. The molecule has 0 spiro atoms. The average molecular weight is 252 g/mol. The lowest BCUT2D eigenvalue weighted by molar-refractivity contribution is -0.131. The van der Waals surface area contributed by atoms with Gasteiger partial charge in [-0.25, -0.2) is 0 Å². The van der Waals surface area contributed by atoms with Crippen LogP contribution in [-0.2, 0) is 11.3 Å². The quantitative estimate of drug-likeness (QED) is 0.822. The number of hydrogen-bond acceptors (Lipinski definition) is 4. The first-order chi connectivity index (χ1) is 8.49. The third-order valence-electron chi connectivity index (χ3n) is 2.80. The number of amides is 1. The van der Waals surface area contributed by atoms with Gasteiger partial charge in [-0.15, -0.1) is 0 Å². The Hall–Kier alpha value is -1.75. The molecule has 0 heterocycles. The summed E-state index contributed by atoms with van der Waals surface area (Å²) in [6, 6.07) is 4.54. The van der Waals surface area contributed by atoms with E-state index < -0.39 is 6.04 Å². The standard InChI is InChI=1S/C13H20N2O3/c1-4-10(14)13(17)15(2)8-9-5-6-11(16)12(7-9)18-3/h5-7,10,16H,4,8,14H2,1-3H3/t10-/m0/s1. The van der Waals surface area contributed by atoms with Crippen molar-refractivity contribution in [1.82, 2.24) is 4.90 Å². The van der Waals surface area contributed by atoms with Gasteiger partial charge in [0, 0.05) is 13.6 Å². The smallest absolute Gasteiger partial charge is 0.239 e. The van der Waals surface area contributed by atoms with Crippen LogP contribution in [0.5, 0.6) is 11.5 Å². The minimum absolute atomic E-state index is 0.0838. The van der Waals surface area contributed by atoms with Crippen LogP contribution >= 0.6 is 0 Å². The molecule has 0 aromatic heterocycles. The first kappa shape index (κ1) is 14.3. The van der Waals surface area contributed by atoms with Gasteiger partial charge >= 0.3 is 0 Å². The van der Waals surface area contributed by atoms with Crippen LogP contribution in [0.1, 0.15) is 18.9 Å². The molecule has 1 amide bonds. The van der Waals surface area contributed by atoms with Gasteiger partial charge < -0.3 is 20.5 Å². The number of methoxy groups -OCH3 is 1. The second-order valence-corrected chi connectivity index (χ2v) is 4.22. The van der Waals surface area contributed by atoms with Crippen molar-refractivity contribution >= 4 is 5.91 Å². The van der Waals surface area contributed by atoms with Crippen LogP contribution in [0.3, 0.4) is 0 Å². The molecule has 0 saturated heterocycles. The lowest BCUT2D eigenvalue weighted by Crippen LogP contribution is -2.40. The van der Waals surface area contributed by atoms with E-state index in [-0.39, 0.29) is 11.7 Å². The summed E-state index contributed by atoms with van der Waals surface area (Å²) in [7, 11) is 3.19. The molecule has 1 rings (SSSR count). The highest BCUT2D eigenvalue weighted by Crippen LogP contribution is 2.26. The van der Waals surface area contributed by atoms with E-state index in [4.69, 9.17) is 10.5 Å². The number of phenolic OH excluding ortho intramolecular Hbond substituents is 1. The summed E-state index contributed by atoms with van der Waals surface area (Å²) in [6.45, 7) is 2.31. The number of likely N-dealkylation sites (N-methyl/N-ethyl adjacent to an activating group) is 1. The van der Waals surface area contributed by atoms with Crippen molar-refractivity contribution in [1.29, 1.82) is 0 Å². The Morgan fingerprint density at radius 2 is 2.22 bits per heavy atom. The molecule has 3 N–H and O–H groups in total. The zero-order valence-electron chi connectivity index (χ0n) is 11.0. The number of phenols is 1. The van der Waals surface area contributed by atoms with Crippen LogP contribution < -0.4 is 10.5 Å². The molecule has 1 aromatic carbocycles. The highest BCUT2D eigenvalue weighted by molar-refractivity contribution is 5.81. The molecule has 5 nitrogen and oxygen atoms in total. The highest BCUT2D eigenvalue weighted by Gasteiger charge is 2.16. The maximum absolute atomic E-state index is 11.8. The van der Waals surface area contributed by atoms with E-state index in [9.17, 15) is 9.90 Å². The summed E-state index contributed by atoms with van der Waals surface area (Å²) in [4.78, 5) is 13.4. The molecule has 0 aliphatic rings. The zero-order valence-corrected chi connectivity index (χ0v) is 11.0. The molecule has 18 heavy (non-hydrogen) atoms.